The third-order valence-electron chi connectivity index (χ3n) is 0.236. The summed E-state index contributed by atoms with van der Waals surface area (Å²) in [7, 11) is 2.20. The molecule has 0 aromatic carbocycles. The molecule has 0 unspecified atom stereocenters. The number of hydrogen-bond donors (Lipinski definition) is 0. The molecule has 0 aromatic rings. The molecule has 0 aliphatic rings. The topological polar surface area (TPSA) is 0 Å². The Balaban J connectivity index is 1.97. The predicted octanol–water partition coefficient (Wildman–Crippen LogP) is -0.252. The van der Waals surface area contributed by atoms with Gasteiger partial charge in [0.25, 0.3) is 0 Å². The Hall–Kier alpha value is 0.948. The first-order chi connectivity index (χ1) is 1.91. The maximum absolute atomic E-state index is 2.20. The Morgan fingerprint density at radius 1 is 2.00 bits per heavy atom. The van der Waals surface area contributed by atoms with Gasteiger partial charge in [-0.25, -0.2) is 0 Å². The zero-order valence-electron chi connectivity index (χ0n) is 2.86. The average molecular weight is 251 g/mol. The van der Waals surface area contributed by atoms with E-state index in [2.05, 4.69) is 14.1 Å². The van der Waals surface area contributed by atoms with Gasteiger partial charge in [0.15, 0.2) is 0 Å². The van der Waals surface area contributed by atoms with Gasteiger partial charge in [-0.2, -0.15) is 0 Å². The molecule has 23 valence electrons. The number of rotatable bonds is 1. The molecule has 0 aliphatic carbocycles. The summed E-state index contributed by atoms with van der Waals surface area (Å²) in [6, 6.07) is 0. The van der Waals surface area contributed by atoms with E-state index in [-0.39, 0.29) is 0 Å². The second-order valence-corrected chi connectivity index (χ2v) is 2.48. The van der Waals surface area contributed by atoms with Crippen LogP contribution in [0.15, 0.2) is 0 Å². The quantitative estimate of drug-likeness (QED) is 0.563. The molecule has 0 atom stereocenters. The molecular formula is C2H7BBi. The van der Waals surface area contributed by atoms with Crippen molar-refractivity contribution in [3.63, 3.8) is 0 Å². The standard InChI is InChI=1S/C2H5B.Bi.2H/c1-3-2;;;/h1H2,2H3;;;. The summed E-state index contributed by atoms with van der Waals surface area (Å²) in [6.07, 6.45) is 0. The molecule has 0 aliphatic heterocycles. The van der Waals surface area contributed by atoms with E-state index in [0.717, 1.165) is 0 Å². The monoisotopic (exact) mass is 251 g/mol. The van der Waals surface area contributed by atoms with Crippen molar-refractivity contribution in [3.8, 4) is 0 Å². The number of hydrogen-bond acceptors (Lipinski definition) is 0. The van der Waals surface area contributed by atoms with Gasteiger partial charge in [0.1, 0.15) is 0 Å². The first-order valence-electron chi connectivity index (χ1n) is 1.39. The van der Waals surface area contributed by atoms with Gasteiger partial charge in [-0.05, 0) is 0 Å². The van der Waals surface area contributed by atoms with Crippen LogP contribution in [0.4, 0.5) is 0 Å². The fraction of sp³-hybridized carbons (Fsp3) is 1.00. The Morgan fingerprint density at radius 3 is 2.25 bits per heavy atom. The van der Waals surface area contributed by atoms with Crippen LogP contribution < -0.4 is 0 Å². The van der Waals surface area contributed by atoms with Crippen molar-refractivity contribution in [2.75, 3.05) is 0 Å². The van der Waals surface area contributed by atoms with Crippen LogP contribution in [0.2, 0.25) is 10.9 Å². The van der Waals surface area contributed by atoms with Gasteiger partial charge in [-0.3, -0.25) is 0 Å². The molecule has 0 saturated heterocycles. The molecule has 0 fully saturated rings. The zero-order valence-corrected chi connectivity index (χ0v) is 7.35. The van der Waals surface area contributed by atoms with Gasteiger partial charge < -0.3 is 0 Å². The minimum atomic E-state index is 1.18. The third kappa shape index (κ3) is 2.95. The van der Waals surface area contributed by atoms with Crippen molar-refractivity contribution >= 4 is 32.0 Å². The molecule has 0 saturated carbocycles. The molecule has 0 rings (SSSR count). The van der Waals surface area contributed by atoms with Gasteiger partial charge in [-0.15, -0.1) is 0 Å². The minimum absolute atomic E-state index is 1.18. The van der Waals surface area contributed by atoms with E-state index in [0.29, 0.717) is 0 Å². The van der Waals surface area contributed by atoms with E-state index in [1.165, 1.54) is 28.7 Å². The van der Waals surface area contributed by atoms with Gasteiger partial charge in [0.2, 0.25) is 0 Å². The van der Waals surface area contributed by atoms with E-state index >= 15 is 0 Å². The third-order valence-corrected chi connectivity index (χ3v) is 2.07. The summed E-state index contributed by atoms with van der Waals surface area (Å²) < 4.78 is 1.36. The molecule has 1 radical (unpaired) electrons. The van der Waals surface area contributed by atoms with E-state index in [4.69, 9.17) is 0 Å². The fourth-order valence-corrected chi connectivity index (χ4v) is 0. The average Bonchev–Trinajstić information content (AvgIpc) is 1.37. The summed E-state index contributed by atoms with van der Waals surface area (Å²) in [5, 5.41) is 0. The van der Waals surface area contributed by atoms with Crippen molar-refractivity contribution in [1.82, 2.24) is 0 Å². The summed E-state index contributed by atoms with van der Waals surface area (Å²) in [5.74, 6) is 0. The fourth-order valence-electron chi connectivity index (χ4n) is 0. The van der Waals surface area contributed by atoms with E-state index < -0.39 is 0 Å². The molecule has 0 spiro atoms. The Morgan fingerprint density at radius 2 is 2.25 bits per heavy atom. The second kappa shape index (κ2) is 3.95. The van der Waals surface area contributed by atoms with Crippen molar-refractivity contribution in [2.24, 2.45) is 0 Å². The van der Waals surface area contributed by atoms with Crippen LogP contribution in [0, 0.1) is 0 Å². The second-order valence-electron chi connectivity index (χ2n) is 0.644. The summed E-state index contributed by atoms with van der Waals surface area (Å²) in [4.78, 5) is 0. The van der Waals surface area contributed by atoms with Gasteiger partial charge in [0, 0.05) is 0 Å². The Kier molecular flexibility index (Phi) is 4.88. The van der Waals surface area contributed by atoms with Crippen molar-refractivity contribution < 1.29 is 0 Å². The Bertz CT molecular complexity index is 8.00. The van der Waals surface area contributed by atoms with Gasteiger partial charge in [-0.1, -0.05) is 0 Å². The first-order valence-corrected chi connectivity index (χ1v) is 4.57. The zero-order chi connectivity index (χ0) is 3.41. The molecule has 0 heterocycles. The van der Waals surface area contributed by atoms with Crippen LogP contribution in [0.25, 0.3) is 0 Å². The van der Waals surface area contributed by atoms with Crippen LogP contribution in [0.1, 0.15) is 0 Å². The van der Waals surface area contributed by atoms with Crippen molar-refractivity contribution in [2.45, 2.75) is 10.9 Å². The molecule has 2 heteroatoms. The Labute approximate surface area is 43.1 Å². The van der Waals surface area contributed by atoms with E-state index in [9.17, 15) is 0 Å². The molecule has 0 nitrogen and oxygen atoms in total. The van der Waals surface area contributed by atoms with Crippen molar-refractivity contribution in [3.05, 3.63) is 0 Å². The normalized spacial score (nSPS) is 6.50. The molecule has 0 N–H and O–H groups in total. The van der Waals surface area contributed by atoms with Crippen LogP contribution in [-0.4, -0.2) is 32.0 Å². The molecule has 0 aromatic heterocycles. The predicted molar refractivity (Wildman–Crippen MR) is 25.0 cm³/mol. The van der Waals surface area contributed by atoms with Crippen molar-refractivity contribution in [1.29, 1.82) is 0 Å². The molecule has 4 heavy (non-hydrogen) atoms. The maximum atomic E-state index is 2.20. The van der Waals surface area contributed by atoms with Crippen LogP contribution in [-0.2, 0) is 0 Å². The summed E-state index contributed by atoms with van der Waals surface area (Å²) in [6.45, 7) is 2.10. The van der Waals surface area contributed by atoms with Gasteiger partial charge >= 0.3 is 42.8 Å². The first kappa shape index (κ1) is 4.95. The van der Waals surface area contributed by atoms with E-state index in [1.54, 1.807) is 0 Å². The summed E-state index contributed by atoms with van der Waals surface area (Å²) >= 11 is 1.18. The van der Waals surface area contributed by atoms with Gasteiger partial charge in [0.05, 0.1) is 0 Å². The molecule has 0 amide bonds. The summed E-state index contributed by atoms with van der Waals surface area (Å²) in [5.41, 5.74) is 0. The SMILES string of the molecule is C[B][CH2][BiH2]. The van der Waals surface area contributed by atoms with Crippen LogP contribution in [0.3, 0.4) is 0 Å². The molecule has 0 bridgehead atoms. The van der Waals surface area contributed by atoms with Crippen LogP contribution in [0.5, 0.6) is 0 Å². The van der Waals surface area contributed by atoms with E-state index in [1.807, 2.05) is 0 Å². The van der Waals surface area contributed by atoms with Crippen LogP contribution >= 0.6 is 0 Å². The molecular weight excluding hydrogens is 244 g/mol.